The predicted molar refractivity (Wildman–Crippen MR) is 101 cm³/mol. The van der Waals surface area contributed by atoms with E-state index >= 15 is 0 Å². The smallest absolute Gasteiger partial charge is 0.322 e. The maximum Gasteiger partial charge on any atom is 0.322 e. The van der Waals surface area contributed by atoms with Crippen molar-refractivity contribution in [1.29, 1.82) is 0 Å². The van der Waals surface area contributed by atoms with Gasteiger partial charge in [0.1, 0.15) is 5.75 Å². The number of rotatable bonds is 2. The molecule has 8 heteroatoms. The summed E-state index contributed by atoms with van der Waals surface area (Å²) >= 11 is 6.04. The van der Waals surface area contributed by atoms with Crippen molar-refractivity contribution < 1.29 is 14.3 Å². The van der Waals surface area contributed by atoms with Crippen molar-refractivity contribution >= 4 is 29.2 Å². The van der Waals surface area contributed by atoms with E-state index in [-0.39, 0.29) is 17.5 Å². The Balaban J connectivity index is 1.74. The van der Waals surface area contributed by atoms with Crippen LogP contribution in [0.1, 0.15) is 19.3 Å². The topological polar surface area (TPSA) is 73.9 Å². The Morgan fingerprint density at radius 2 is 2.15 bits per heavy atom. The highest BCUT2D eigenvalue weighted by Gasteiger charge is 2.42. The molecule has 0 saturated carbocycles. The molecular weight excluding hydrogens is 356 g/mol. The summed E-state index contributed by atoms with van der Waals surface area (Å²) in [5.74, 6) is 0.649. The minimum Gasteiger partial charge on any atom is -0.495 e. The molecule has 0 radical (unpaired) electrons. The number of amides is 3. The van der Waals surface area contributed by atoms with E-state index < -0.39 is 0 Å². The average Bonchev–Trinajstić information content (AvgIpc) is 2.80. The van der Waals surface area contributed by atoms with Gasteiger partial charge >= 0.3 is 6.03 Å². The van der Waals surface area contributed by atoms with E-state index in [2.05, 4.69) is 22.6 Å². The largest absolute Gasteiger partial charge is 0.495 e. The molecule has 1 atom stereocenters. The van der Waals surface area contributed by atoms with Crippen LogP contribution in [-0.2, 0) is 4.79 Å². The van der Waals surface area contributed by atoms with Crippen molar-refractivity contribution in [2.45, 2.75) is 24.8 Å². The molecule has 2 heterocycles. The van der Waals surface area contributed by atoms with E-state index in [4.69, 9.17) is 16.3 Å². The molecule has 2 saturated heterocycles. The second-order valence-corrected chi connectivity index (χ2v) is 7.38. The van der Waals surface area contributed by atoms with E-state index in [1.165, 1.54) is 0 Å². The van der Waals surface area contributed by atoms with Crippen LogP contribution in [0, 0.1) is 0 Å². The average molecular weight is 381 g/mol. The number of ether oxygens (including phenoxy) is 1. The van der Waals surface area contributed by atoms with E-state index in [1.807, 2.05) is 4.90 Å². The number of piperazine rings is 1. The Morgan fingerprint density at radius 3 is 2.92 bits per heavy atom. The van der Waals surface area contributed by atoms with Crippen molar-refractivity contribution in [3.63, 3.8) is 0 Å². The van der Waals surface area contributed by atoms with Gasteiger partial charge in [-0.2, -0.15) is 0 Å². The summed E-state index contributed by atoms with van der Waals surface area (Å²) in [7, 11) is 3.63. The Hall–Kier alpha value is -1.99. The van der Waals surface area contributed by atoms with Crippen molar-refractivity contribution in [1.82, 2.24) is 15.1 Å². The van der Waals surface area contributed by atoms with Crippen LogP contribution < -0.4 is 15.4 Å². The van der Waals surface area contributed by atoms with E-state index in [1.54, 1.807) is 25.3 Å². The Morgan fingerprint density at radius 1 is 1.35 bits per heavy atom. The summed E-state index contributed by atoms with van der Waals surface area (Å²) < 4.78 is 5.30. The highest BCUT2D eigenvalue weighted by Crippen LogP contribution is 2.32. The summed E-state index contributed by atoms with van der Waals surface area (Å²) in [6.45, 7) is 2.64. The Labute approximate surface area is 158 Å². The number of anilines is 1. The maximum absolute atomic E-state index is 12.8. The molecule has 3 amide bonds. The van der Waals surface area contributed by atoms with Gasteiger partial charge < -0.3 is 20.3 Å². The van der Waals surface area contributed by atoms with E-state index in [0.29, 0.717) is 42.5 Å². The van der Waals surface area contributed by atoms with Gasteiger partial charge in [-0.1, -0.05) is 11.6 Å². The van der Waals surface area contributed by atoms with Crippen LogP contribution in [0.15, 0.2) is 18.2 Å². The summed E-state index contributed by atoms with van der Waals surface area (Å²) in [5, 5.41) is 6.37. The first kappa shape index (κ1) is 18.8. The van der Waals surface area contributed by atoms with Gasteiger partial charge in [-0.25, -0.2) is 4.79 Å². The molecular formula is C18H25ClN4O3. The maximum atomic E-state index is 12.8. The lowest BCUT2D eigenvalue weighted by Crippen LogP contribution is -2.62. The number of carbonyl (C=O) groups is 2. The van der Waals surface area contributed by atoms with Crippen LogP contribution in [0.4, 0.5) is 10.5 Å². The van der Waals surface area contributed by atoms with Gasteiger partial charge in [-0.05, 0) is 38.1 Å². The number of urea groups is 1. The van der Waals surface area contributed by atoms with E-state index in [9.17, 15) is 9.59 Å². The fourth-order valence-corrected chi connectivity index (χ4v) is 3.91. The number of nitrogens with one attached hydrogen (secondary N) is 2. The first-order valence-corrected chi connectivity index (χ1v) is 9.19. The zero-order valence-corrected chi connectivity index (χ0v) is 15.9. The lowest BCUT2D eigenvalue weighted by atomic mass is 9.86. The van der Waals surface area contributed by atoms with Crippen LogP contribution in [0.2, 0.25) is 5.02 Å². The van der Waals surface area contributed by atoms with E-state index in [0.717, 1.165) is 19.4 Å². The summed E-state index contributed by atoms with van der Waals surface area (Å²) in [5.41, 5.74) is 0.378. The van der Waals surface area contributed by atoms with Gasteiger partial charge in [0.15, 0.2) is 0 Å². The molecule has 1 aromatic rings. The third kappa shape index (κ3) is 3.88. The highest BCUT2D eigenvalue weighted by atomic mass is 35.5. The van der Waals surface area contributed by atoms with Crippen molar-refractivity contribution in [2.75, 3.05) is 45.7 Å². The van der Waals surface area contributed by atoms with Crippen LogP contribution in [0.3, 0.4) is 0 Å². The summed E-state index contributed by atoms with van der Waals surface area (Å²) in [4.78, 5) is 28.7. The normalized spacial score (nSPS) is 24.1. The number of carbonyl (C=O) groups excluding carboxylic acids is 2. The zero-order chi connectivity index (χ0) is 18.7. The number of halogens is 1. The molecule has 7 nitrogen and oxygen atoms in total. The Bertz CT molecular complexity index is 699. The lowest BCUT2D eigenvalue weighted by molar-refractivity contribution is -0.121. The first-order chi connectivity index (χ1) is 12.4. The Kier molecular flexibility index (Phi) is 5.58. The van der Waals surface area contributed by atoms with Gasteiger partial charge in [-0.15, -0.1) is 0 Å². The number of hydrogen-bond acceptors (Lipinski definition) is 4. The standard InChI is InChI=1S/C18H25ClN4O3/c1-22-9-10-23(12-18(22)6-5-16(24)20-8-7-18)17(25)21-14-11-13(19)3-4-15(14)26-2/h3-4,11H,5-10,12H2,1-2H3,(H,20,24)(H,21,25)/t18-/m0/s1. The lowest BCUT2D eigenvalue weighted by Gasteiger charge is -2.49. The predicted octanol–water partition coefficient (Wildman–Crippen LogP) is 2.17. The fraction of sp³-hybridized carbons (Fsp3) is 0.556. The van der Waals surface area contributed by atoms with Crippen LogP contribution >= 0.6 is 11.6 Å². The van der Waals surface area contributed by atoms with Crippen LogP contribution in [-0.4, -0.2) is 67.6 Å². The van der Waals surface area contributed by atoms with Gasteiger partial charge in [0.25, 0.3) is 0 Å². The molecule has 26 heavy (non-hydrogen) atoms. The molecule has 142 valence electrons. The first-order valence-electron chi connectivity index (χ1n) is 8.81. The minimum absolute atomic E-state index is 0.0838. The molecule has 3 rings (SSSR count). The minimum atomic E-state index is -0.179. The van der Waals surface area contributed by atoms with Crippen LogP contribution in [0.5, 0.6) is 5.75 Å². The fourth-order valence-electron chi connectivity index (χ4n) is 3.74. The number of hydrogen-bond donors (Lipinski definition) is 2. The molecule has 2 aliphatic rings. The molecule has 0 bridgehead atoms. The third-order valence-corrected chi connectivity index (χ3v) is 5.66. The van der Waals surface area contributed by atoms with Crippen molar-refractivity contribution in [3.8, 4) is 5.75 Å². The van der Waals surface area contributed by atoms with Crippen molar-refractivity contribution in [2.24, 2.45) is 0 Å². The zero-order valence-electron chi connectivity index (χ0n) is 15.2. The second-order valence-electron chi connectivity index (χ2n) is 6.94. The molecule has 0 aromatic heterocycles. The monoisotopic (exact) mass is 380 g/mol. The van der Waals surface area contributed by atoms with Crippen LogP contribution in [0.25, 0.3) is 0 Å². The molecule has 1 aromatic carbocycles. The van der Waals surface area contributed by atoms with Gasteiger partial charge in [-0.3, -0.25) is 9.69 Å². The third-order valence-electron chi connectivity index (χ3n) is 5.42. The quantitative estimate of drug-likeness (QED) is 0.824. The second kappa shape index (κ2) is 7.72. The number of methoxy groups -OCH3 is 1. The van der Waals surface area contributed by atoms with Gasteiger partial charge in [0, 0.05) is 43.2 Å². The summed E-state index contributed by atoms with van der Waals surface area (Å²) in [6, 6.07) is 4.95. The molecule has 2 aliphatic heterocycles. The highest BCUT2D eigenvalue weighted by molar-refractivity contribution is 6.31. The number of likely N-dealkylation sites (N-methyl/N-ethyl adjacent to an activating group) is 1. The number of benzene rings is 1. The van der Waals surface area contributed by atoms with Gasteiger partial charge in [0.05, 0.1) is 12.8 Å². The summed E-state index contributed by atoms with van der Waals surface area (Å²) in [6.07, 6.45) is 2.07. The molecule has 1 spiro atoms. The molecule has 2 fully saturated rings. The number of nitrogens with zero attached hydrogens (tertiary/aromatic N) is 2. The SMILES string of the molecule is COc1ccc(Cl)cc1NC(=O)N1CCN(C)[C@@]2(CCNC(=O)CC2)C1. The molecule has 0 unspecified atom stereocenters. The molecule has 0 aliphatic carbocycles. The van der Waals surface area contributed by atoms with Gasteiger partial charge in [0.2, 0.25) is 5.91 Å². The molecule has 2 N–H and O–H groups in total. The van der Waals surface area contributed by atoms with Crippen molar-refractivity contribution in [3.05, 3.63) is 23.2 Å².